The van der Waals surface area contributed by atoms with Crippen LogP contribution in [0.5, 0.6) is 5.75 Å². The summed E-state index contributed by atoms with van der Waals surface area (Å²) in [5.41, 5.74) is 1.05. The molecular weight excluding hydrogens is 274 g/mol. The predicted octanol–water partition coefficient (Wildman–Crippen LogP) is 3.32. The van der Waals surface area contributed by atoms with E-state index in [9.17, 15) is 10.1 Å². The Balaban J connectivity index is 3.02. The number of benzene rings is 1. The molecule has 88 valence electrons. The summed E-state index contributed by atoms with van der Waals surface area (Å²) < 4.78 is 5.26. The zero-order chi connectivity index (χ0) is 12.1. The standard InChI is InChI=1S/C11H14BrNO3/c1-3-16-11-7-9(6-8(2)12)4-5-10(11)13(14)15/h4-5,7-8H,3,6H2,1-2H3. The topological polar surface area (TPSA) is 52.4 Å². The number of rotatable bonds is 5. The van der Waals surface area contributed by atoms with Crippen LogP contribution in [0.2, 0.25) is 0 Å². The molecule has 0 saturated heterocycles. The first-order chi connectivity index (χ1) is 7.54. The second-order valence-corrected chi connectivity index (χ2v) is 5.04. The van der Waals surface area contributed by atoms with Crippen molar-refractivity contribution in [2.75, 3.05) is 6.61 Å². The smallest absolute Gasteiger partial charge is 0.310 e. The predicted molar refractivity (Wildman–Crippen MR) is 66.4 cm³/mol. The molecule has 0 aliphatic rings. The third-order valence-corrected chi connectivity index (χ3v) is 2.36. The largest absolute Gasteiger partial charge is 0.487 e. The second kappa shape index (κ2) is 5.84. The van der Waals surface area contributed by atoms with Gasteiger partial charge in [-0.2, -0.15) is 0 Å². The van der Waals surface area contributed by atoms with Crippen LogP contribution >= 0.6 is 15.9 Å². The van der Waals surface area contributed by atoms with E-state index >= 15 is 0 Å². The molecule has 5 heteroatoms. The van der Waals surface area contributed by atoms with Crippen molar-refractivity contribution >= 4 is 21.6 Å². The van der Waals surface area contributed by atoms with Crippen LogP contribution in [0.15, 0.2) is 18.2 Å². The minimum atomic E-state index is -0.424. The van der Waals surface area contributed by atoms with Crippen LogP contribution in [0, 0.1) is 10.1 Å². The summed E-state index contributed by atoms with van der Waals surface area (Å²) in [6.45, 7) is 4.26. The SMILES string of the molecule is CCOc1cc(CC(C)Br)ccc1[N+](=O)[O-]. The number of nitrogens with zero attached hydrogens (tertiary/aromatic N) is 1. The van der Waals surface area contributed by atoms with Crippen LogP contribution in [0.1, 0.15) is 19.4 Å². The highest BCUT2D eigenvalue weighted by molar-refractivity contribution is 9.09. The fourth-order valence-corrected chi connectivity index (χ4v) is 1.81. The first-order valence-corrected chi connectivity index (χ1v) is 6.00. The number of nitro benzene ring substituents is 1. The van der Waals surface area contributed by atoms with E-state index in [1.165, 1.54) is 6.07 Å². The zero-order valence-electron chi connectivity index (χ0n) is 9.27. The van der Waals surface area contributed by atoms with E-state index in [1.54, 1.807) is 12.1 Å². The summed E-state index contributed by atoms with van der Waals surface area (Å²) in [6, 6.07) is 4.99. The Morgan fingerprint density at radius 3 is 2.75 bits per heavy atom. The summed E-state index contributed by atoms with van der Waals surface area (Å²) in [5, 5.41) is 10.7. The van der Waals surface area contributed by atoms with Gasteiger partial charge in [0.2, 0.25) is 0 Å². The summed E-state index contributed by atoms with van der Waals surface area (Å²) >= 11 is 3.45. The first kappa shape index (κ1) is 13.0. The van der Waals surface area contributed by atoms with Crippen LogP contribution in [-0.2, 0) is 6.42 Å². The van der Waals surface area contributed by atoms with Gasteiger partial charge in [-0.25, -0.2) is 0 Å². The zero-order valence-corrected chi connectivity index (χ0v) is 10.9. The molecule has 0 saturated carbocycles. The third-order valence-electron chi connectivity index (χ3n) is 2.04. The molecule has 4 nitrogen and oxygen atoms in total. The van der Waals surface area contributed by atoms with Gasteiger partial charge in [0.25, 0.3) is 0 Å². The molecule has 0 aliphatic heterocycles. The molecule has 1 unspecified atom stereocenters. The Labute approximate surface area is 103 Å². The summed E-state index contributed by atoms with van der Waals surface area (Å²) in [6.07, 6.45) is 0.818. The van der Waals surface area contributed by atoms with Gasteiger partial charge in [-0.05, 0) is 25.0 Å². The molecule has 0 fully saturated rings. The highest BCUT2D eigenvalue weighted by Crippen LogP contribution is 2.28. The summed E-state index contributed by atoms with van der Waals surface area (Å²) in [4.78, 5) is 10.7. The van der Waals surface area contributed by atoms with Crippen LogP contribution in [-0.4, -0.2) is 16.4 Å². The number of alkyl halides is 1. The number of halogens is 1. The van der Waals surface area contributed by atoms with E-state index in [0.29, 0.717) is 17.2 Å². The van der Waals surface area contributed by atoms with E-state index in [4.69, 9.17) is 4.74 Å². The van der Waals surface area contributed by atoms with Crippen molar-refractivity contribution < 1.29 is 9.66 Å². The Bertz CT molecular complexity index is 379. The van der Waals surface area contributed by atoms with Crippen LogP contribution in [0.3, 0.4) is 0 Å². The molecule has 0 amide bonds. The van der Waals surface area contributed by atoms with E-state index in [2.05, 4.69) is 15.9 Å². The molecule has 1 aromatic rings. The van der Waals surface area contributed by atoms with Crippen molar-refractivity contribution in [3.05, 3.63) is 33.9 Å². The van der Waals surface area contributed by atoms with Gasteiger partial charge < -0.3 is 4.74 Å². The molecule has 0 bridgehead atoms. The Kier molecular flexibility index (Phi) is 4.73. The van der Waals surface area contributed by atoms with Crippen molar-refractivity contribution in [3.8, 4) is 5.75 Å². The number of ether oxygens (including phenoxy) is 1. The molecule has 0 radical (unpaired) electrons. The third kappa shape index (κ3) is 3.48. The lowest BCUT2D eigenvalue weighted by molar-refractivity contribution is -0.385. The van der Waals surface area contributed by atoms with Gasteiger partial charge >= 0.3 is 5.69 Å². The normalized spacial score (nSPS) is 12.2. The molecule has 1 atom stereocenters. The van der Waals surface area contributed by atoms with Crippen molar-refractivity contribution in [1.82, 2.24) is 0 Å². The lowest BCUT2D eigenvalue weighted by Gasteiger charge is -2.08. The van der Waals surface area contributed by atoms with E-state index in [1.807, 2.05) is 13.8 Å². The molecule has 0 aliphatic carbocycles. The van der Waals surface area contributed by atoms with E-state index in [-0.39, 0.29) is 5.69 Å². The number of hydrogen-bond acceptors (Lipinski definition) is 3. The minimum Gasteiger partial charge on any atom is -0.487 e. The van der Waals surface area contributed by atoms with Crippen molar-refractivity contribution in [1.29, 1.82) is 0 Å². The summed E-state index contributed by atoms with van der Waals surface area (Å²) in [5.74, 6) is 0.346. The first-order valence-electron chi connectivity index (χ1n) is 5.08. The van der Waals surface area contributed by atoms with E-state index < -0.39 is 4.92 Å². The van der Waals surface area contributed by atoms with Gasteiger partial charge in [0.05, 0.1) is 11.5 Å². The van der Waals surface area contributed by atoms with Crippen molar-refractivity contribution in [2.45, 2.75) is 25.1 Å². The maximum absolute atomic E-state index is 10.7. The quantitative estimate of drug-likeness (QED) is 0.474. The molecule has 0 aromatic heterocycles. The fraction of sp³-hybridized carbons (Fsp3) is 0.455. The van der Waals surface area contributed by atoms with Gasteiger partial charge in [0.15, 0.2) is 5.75 Å². The van der Waals surface area contributed by atoms with Gasteiger partial charge in [0.1, 0.15) is 0 Å². The van der Waals surface area contributed by atoms with Crippen LogP contribution in [0.25, 0.3) is 0 Å². The van der Waals surface area contributed by atoms with Crippen molar-refractivity contribution in [3.63, 3.8) is 0 Å². The van der Waals surface area contributed by atoms with E-state index in [0.717, 1.165) is 12.0 Å². The summed E-state index contributed by atoms with van der Waals surface area (Å²) in [7, 11) is 0. The van der Waals surface area contributed by atoms with Crippen LogP contribution < -0.4 is 4.74 Å². The highest BCUT2D eigenvalue weighted by Gasteiger charge is 2.15. The molecular formula is C11H14BrNO3. The van der Waals surface area contributed by atoms with Gasteiger partial charge in [-0.15, -0.1) is 0 Å². The molecule has 1 rings (SSSR count). The average molecular weight is 288 g/mol. The second-order valence-electron chi connectivity index (χ2n) is 3.48. The monoisotopic (exact) mass is 287 g/mol. The molecule has 1 aromatic carbocycles. The average Bonchev–Trinajstić information content (AvgIpc) is 2.17. The van der Waals surface area contributed by atoms with Gasteiger partial charge in [-0.3, -0.25) is 10.1 Å². The molecule has 0 spiro atoms. The molecule has 0 heterocycles. The number of nitro groups is 1. The lowest BCUT2D eigenvalue weighted by Crippen LogP contribution is -2.01. The van der Waals surface area contributed by atoms with Gasteiger partial charge in [-0.1, -0.05) is 28.9 Å². The molecule has 16 heavy (non-hydrogen) atoms. The van der Waals surface area contributed by atoms with Crippen molar-refractivity contribution in [2.24, 2.45) is 0 Å². The lowest BCUT2D eigenvalue weighted by atomic mass is 10.1. The number of hydrogen-bond donors (Lipinski definition) is 0. The van der Waals surface area contributed by atoms with Crippen LogP contribution in [0.4, 0.5) is 5.69 Å². The fourth-order valence-electron chi connectivity index (χ4n) is 1.43. The molecule has 0 N–H and O–H groups in total. The Morgan fingerprint density at radius 1 is 1.56 bits per heavy atom. The maximum atomic E-state index is 10.7. The maximum Gasteiger partial charge on any atom is 0.310 e. The van der Waals surface area contributed by atoms with Gasteiger partial charge in [0, 0.05) is 10.9 Å². The Morgan fingerprint density at radius 2 is 2.25 bits per heavy atom. The minimum absolute atomic E-state index is 0.0211. The Hall–Kier alpha value is -1.10. The highest BCUT2D eigenvalue weighted by atomic mass is 79.9.